The summed E-state index contributed by atoms with van der Waals surface area (Å²) in [6.07, 6.45) is -4.68. The average Bonchev–Trinajstić information content (AvgIpc) is 3.26. The van der Waals surface area contributed by atoms with Crippen LogP contribution >= 0.6 is 69.6 Å². The van der Waals surface area contributed by atoms with E-state index in [1.807, 2.05) is 0 Å². The number of benzene rings is 2. The van der Waals surface area contributed by atoms with Gasteiger partial charge in [-0.1, -0.05) is 46.4 Å². The van der Waals surface area contributed by atoms with Gasteiger partial charge in [0.05, 0.1) is 31.6 Å². The number of hydroxylamine groups is 2. The van der Waals surface area contributed by atoms with Crippen LogP contribution in [0.15, 0.2) is 30.3 Å². The molecule has 0 aromatic heterocycles. The molecular formula is C22H14Cl6F3N3O4. The minimum absolute atomic E-state index is 0.0437. The Kier molecular flexibility index (Phi) is 8.28. The maximum atomic E-state index is 13.0. The number of nitrogens with zero attached hydrogens (tertiary/aromatic N) is 1. The summed E-state index contributed by atoms with van der Waals surface area (Å²) in [7, 11) is 0. The van der Waals surface area contributed by atoms with Crippen LogP contribution < -0.4 is 10.6 Å². The lowest BCUT2D eigenvalue weighted by atomic mass is 10.1. The van der Waals surface area contributed by atoms with E-state index in [2.05, 4.69) is 10.6 Å². The van der Waals surface area contributed by atoms with Gasteiger partial charge in [-0.15, -0.1) is 23.2 Å². The molecule has 3 atom stereocenters. The Balaban J connectivity index is 1.45. The molecule has 2 aromatic carbocycles. The standard InChI is InChI=1S/C22H14Cl6F3N3O4/c23-11-2-1-9(5-10(11)18(35)33-14-6-38-34(20(14)37)7-21(29,30)31)32-19(36)16-15(22(16,27)28)8-3-12(24)17(26)13(25)4-8/h1-5,14-16H,6-7H2,(H,32,36)(H,33,35)/t14-,15+,16-/m1/s1. The van der Waals surface area contributed by atoms with E-state index in [0.717, 1.165) is 0 Å². The molecule has 2 aliphatic rings. The molecule has 38 heavy (non-hydrogen) atoms. The van der Waals surface area contributed by atoms with E-state index < -0.39 is 59.3 Å². The van der Waals surface area contributed by atoms with Gasteiger partial charge in [0.2, 0.25) is 5.91 Å². The molecule has 0 spiro atoms. The molecule has 1 aliphatic carbocycles. The molecule has 4 rings (SSSR count). The highest BCUT2D eigenvalue weighted by Gasteiger charge is 2.67. The van der Waals surface area contributed by atoms with E-state index in [0.29, 0.717) is 5.56 Å². The first-order valence-electron chi connectivity index (χ1n) is 10.5. The molecule has 2 aromatic rings. The molecule has 1 saturated heterocycles. The first-order chi connectivity index (χ1) is 17.6. The molecule has 0 radical (unpaired) electrons. The van der Waals surface area contributed by atoms with E-state index >= 15 is 0 Å². The highest BCUT2D eigenvalue weighted by molar-refractivity contribution is 6.54. The Bertz CT molecular complexity index is 1300. The third-order valence-electron chi connectivity index (χ3n) is 5.75. The van der Waals surface area contributed by atoms with Crippen molar-refractivity contribution >= 4 is 93.0 Å². The first-order valence-corrected chi connectivity index (χ1v) is 12.8. The molecule has 1 saturated carbocycles. The van der Waals surface area contributed by atoms with Gasteiger partial charge in [-0.3, -0.25) is 19.2 Å². The van der Waals surface area contributed by atoms with Crippen LogP contribution in [0.4, 0.5) is 18.9 Å². The van der Waals surface area contributed by atoms with Crippen molar-refractivity contribution in [3.8, 4) is 0 Å². The number of halogens is 9. The van der Waals surface area contributed by atoms with Gasteiger partial charge in [-0.05, 0) is 35.9 Å². The van der Waals surface area contributed by atoms with E-state index in [9.17, 15) is 27.6 Å². The van der Waals surface area contributed by atoms with Crippen molar-refractivity contribution in [3.63, 3.8) is 0 Å². The zero-order chi connectivity index (χ0) is 28.2. The second-order valence-corrected chi connectivity index (χ2v) is 11.5. The van der Waals surface area contributed by atoms with Crippen LogP contribution in [-0.2, 0) is 14.4 Å². The number of carbonyl (C=O) groups is 3. The summed E-state index contributed by atoms with van der Waals surface area (Å²) in [5, 5.41) is 5.41. The number of amides is 3. The summed E-state index contributed by atoms with van der Waals surface area (Å²) < 4.78 is 36.2. The van der Waals surface area contributed by atoms with Gasteiger partial charge in [-0.2, -0.15) is 13.2 Å². The summed E-state index contributed by atoms with van der Waals surface area (Å²) in [5.41, 5.74) is 0.478. The summed E-state index contributed by atoms with van der Waals surface area (Å²) in [4.78, 5) is 42.6. The van der Waals surface area contributed by atoms with Crippen LogP contribution in [0.3, 0.4) is 0 Å². The lowest BCUT2D eigenvalue weighted by Gasteiger charge is -2.16. The predicted molar refractivity (Wildman–Crippen MR) is 137 cm³/mol. The number of anilines is 1. The second-order valence-electron chi connectivity index (χ2n) is 8.42. The molecule has 7 nitrogen and oxygen atoms in total. The van der Waals surface area contributed by atoms with Gasteiger partial charge in [0.25, 0.3) is 11.8 Å². The number of carbonyl (C=O) groups excluding carboxylic acids is 3. The van der Waals surface area contributed by atoms with Gasteiger partial charge >= 0.3 is 6.18 Å². The number of hydrogen-bond acceptors (Lipinski definition) is 4. The second kappa shape index (κ2) is 10.7. The van der Waals surface area contributed by atoms with E-state index in [1.165, 1.54) is 30.3 Å². The van der Waals surface area contributed by atoms with Crippen LogP contribution in [0.1, 0.15) is 21.8 Å². The topological polar surface area (TPSA) is 87.7 Å². The Morgan fingerprint density at radius 3 is 2.29 bits per heavy atom. The Hall–Kier alpha value is -1.66. The first kappa shape index (κ1) is 29.3. The Morgan fingerprint density at radius 1 is 1.05 bits per heavy atom. The zero-order valence-electron chi connectivity index (χ0n) is 18.5. The monoisotopic (exact) mass is 651 g/mol. The molecule has 16 heteroatoms. The minimum atomic E-state index is -4.68. The molecule has 0 bridgehead atoms. The minimum Gasteiger partial charge on any atom is -0.338 e. The smallest absolute Gasteiger partial charge is 0.338 e. The third-order valence-corrected chi connectivity index (χ3v) is 8.22. The maximum Gasteiger partial charge on any atom is 0.408 e. The molecule has 2 fully saturated rings. The fraction of sp³-hybridized carbons (Fsp3) is 0.318. The van der Waals surface area contributed by atoms with Crippen molar-refractivity contribution in [3.05, 3.63) is 61.5 Å². The molecule has 1 heterocycles. The lowest BCUT2D eigenvalue weighted by molar-refractivity contribution is -0.214. The molecule has 204 valence electrons. The number of alkyl halides is 5. The summed E-state index contributed by atoms with van der Waals surface area (Å²) in [6.45, 7) is -2.12. The molecule has 3 amide bonds. The summed E-state index contributed by atoms with van der Waals surface area (Å²) in [5.74, 6) is -4.11. The van der Waals surface area contributed by atoms with Gasteiger partial charge in [0, 0.05) is 11.6 Å². The maximum absolute atomic E-state index is 13.0. The zero-order valence-corrected chi connectivity index (χ0v) is 23.1. The third kappa shape index (κ3) is 6.06. The van der Waals surface area contributed by atoms with Crippen LogP contribution in [0.25, 0.3) is 0 Å². The molecule has 2 N–H and O–H groups in total. The highest BCUT2D eigenvalue weighted by Crippen LogP contribution is 2.65. The van der Waals surface area contributed by atoms with Crippen LogP contribution in [0.2, 0.25) is 20.1 Å². The van der Waals surface area contributed by atoms with Crippen molar-refractivity contribution < 1.29 is 32.4 Å². The van der Waals surface area contributed by atoms with Gasteiger partial charge in [0.15, 0.2) is 0 Å². The van der Waals surface area contributed by atoms with Crippen molar-refractivity contribution in [1.82, 2.24) is 10.4 Å². The van der Waals surface area contributed by atoms with Gasteiger partial charge in [0.1, 0.15) is 23.5 Å². The fourth-order valence-corrected chi connectivity index (χ4v) is 5.56. The molecule has 1 aliphatic heterocycles. The predicted octanol–water partition coefficient (Wildman–Crippen LogP) is 6.26. The van der Waals surface area contributed by atoms with Crippen LogP contribution in [0.5, 0.6) is 0 Å². The van der Waals surface area contributed by atoms with E-state index in [4.69, 9.17) is 74.4 Å². The number of hydrogen-bond donors (Lipinski definition) is 2. The Morgan fingerprint density at radius 2 is 1.68 bits per heavy atom. The van der Waals surface area contributed by atoms with Crippen LogP contribution in [-0.4, -0.2) is 52.5 Å². The summed E-state index contributed by atoms with van der Waals surface area (Å²) >= 11 is 37.0. The van der Waals surface area contributed by atoms with Crippen molar-refractivity contribution in [2.75, 3.05) is 18.5 Å². The SMILES string of the molecule is O=C(N[C@@H]1CON(CC(F)(F)F)C1=O)c1cc(NC(=O)[C@H]2[C@H](c3cc(Cl)c(Cl)c(Cl)c3)C2(Cl)Cl)ccc1Cl. The van der Waals surface area contributed by atoms with Crippen LogP contribution in [0, 0.1) is 5.92 Å². The lowest BCUT2D eigenvalue weighted by Crippen LogP contribution is -2.44. The fourth-order valence-electron chi connectivity index (χ4n) is 3.92. The van der Waals surface area contributed by atoms with Crippen molar-refractivity contribution in [2.24, 2.45) is 5.92 Å². The van der Waals surface area contributed by atoms with E-state index in [1.54, 1.807) is 0 Å². The average molecular weight is 654 g/mol. The largest absolute Gasteiger partial charge is 0.408 e. The molecular weight excluding hydrogens is 640 g/mol. The van der Waals surface area contributed by atoms with Crippen molar-refractivity contribution in [2.45, 2.75) is 22.5 Å². The van der Waals surface area contributed by atoms with Crippen molar-refractivity contribution in [1.29, 1.82) is 0 Å². The van der Waals surface area contributed by atoms with Gasteiger partial charge < -0.3 is 10.6 Å². The van der Waals surface area contributed by atoms with Gasteiger partial charge in [-0.25, -0.2) is 5.06 Å². The number of rotatable bonds is 6. The highest BCUT2D eigenvalue weighted by atomic mass is 35.5. The summed E-state index contributed by atoms with van der Waals surface area (Å²) in [6, 6.07) is 5.58. The number of nitrogens with one attached hydrogen (secondary N) is 2. The Labute approximate surface area is 243 Å². The quantitative estimate of drug-likeness (QED) is 0.285. The normalized spacial score (nSPS) is 22.4. The molecule has 0 unspecified atom stereocenters. The van der Waals surface area contributed by atoms with E-state index in [-0.39, 0.29) is 36.4 Å².